The van der Waals surface area contributed by atoms with Crippen LogP contribution in [0.4, 0.5) is 5.69 Å². The van der Waals surface area contributed by atoms with E-state index in [1.165, 1.54) is 5.56 Å². The molecule has 46 heavy (non-hydrogen) atoms. The number of fused-ring (bicyclic) bond motifs is 6. The lowest BCUT2D eigenvalue weighted by atomic mass is 9.62. The zero-order valence-electron chi connectivity index (χ0n) is 25.8. The number of hydrogen-bond donors (Lipinski definition) is 1. The molecule has 1 fully saturated rings. The first kappa shape index (κ1) is 30.2. The highest BCUT2D eigenvalue weighted by molar-refractivity contribution is 9.10. The fourth-order valence-corrected chi connectivity index (χ4v) is 8.29. The number of nitrogens with zero attached hydrogens (tertiary/aromatic N) is 1. The molecule has 0 saturated carbocycles. The second-order valence-electron chi connectivity index (χ2n) is 12.3. The summed E-state index contributed by atoms with van der Waals surface area (Å²) in [4.78, 5) is 46.6. The quantitative estimate of drug-likeness (QED) is 0.143. The molecule has 4 aromatic carbocycles. The van der Waals surface area contributed by atoms with Crippen molar-refractivity contribution < 1.29 is 19.1 Å². The van der Waals surface area contributed by atoms with Gasteiger partial charge in [-0.3, -0.25) is 14.4 Å². The number of carbonyl (C=O) groups is 3. The van der Waals surface area contributed by atoms with Crippen LogP contribution in [-0.4, -0.2) is 35.5 Å². The summed E-state index contributed by atoms with van der Waals surface area (Å²) in [7, 11) is 1.57. The molecule has 3 aliphatic heterocycles. The highest BCUT2D eigenvalue weighted by atomic mass is 79.9. The number of benzene rings is 4. The van der Waals surface area contributed by atoms with Crippen LogP contribution in [0.5, 0.6) is 5.75 Å². The molecule has 7 rings (SSSR count). The van der Waals surface area contributed by atoms with E-state index in [2.05, 4.69) is 28.2 Å². The minimum Gasteiger partial charge on any atom is -0.496 e. The van der Waals surface area contributed by atoms with Crippen LogP contribution in [0.3, 0.4) is 0 Å². The average Bonchev–Trinajstić information content (AvgIpc) is 3.56. The Labute approximate surface area is 277 Å². The lowest BCUT2D eigenvalue weighted by Crippen LogP contribution is -2.49. The first-order chi connectivity index (χ1) is 22.4. The number of carbonyl (C=O) groups excluding carboxylic acids is 3. The molecule has 4 atom stereocenters. The summed E-state index contributed by atoms with van der Waals surface area (Å²) in [6.07, 6.45) is 8.18. The minimum absolute atomic E-state index is 0.224. The Balaban J connectivity index is 1.44. The van der Waals surface area contributed by atoms with Crippen LogP contribution in [0.25, 0.3) is 6.08 Å². The minimum atomic E-state index is -1.36. The Bertz CT molecular complexity index is 1880. The Morgan fingerprint density at radius 2 is 1.65 bits per heavy atom. The summed E-state index contributed by atoms with van der Waals surface area (Å²) in [5.74, 6) is -1.15. The number of ether oxygens (including phenoxy) is 1. The van der Waals surface area contributed by atoms with E-state index in [-0.39, 0.29) is 17.5 Å². The third kappa shape index (κ3) is 4.63. The first-order valence-corrected chi connectivity index (χ1v) is 16.7. The zero-order valence-corrected chi connectivity index (χ0v) is 27.4. The van der Waals surface area contributed by atoms with E-state index >= 15 is 4.79 Å². The van der Waals surface area contributed by atoms with Crippen LogP contribution >= 0.6 is 15.9 Å². The monoisotopic (exact) mass is 674 g/mol. The van der Waals surface area contributed by atoms with Crippen molar-refractivity contribution in [3.8, 4) is 5.75 Å². The van der Waals surface area contributed by atoms with Gasteiger partial charge in [0.2, 0.25) is 5.91 Å². The Hall–Kier alpha value is -4.49. The maximum absolute atomic E-state index is 15.1. The molecular formula is C39H35BrN2O4. The number of aryl methyl sites for hydroxylation is 1. The smallest absolute Gasteiger partial charge is 0.238 e. The van der Waals surface area contributed by atoms with E-state index in [9.17, 15) is 9.59 Å². The highest BCUT2D eigenvalue weighted by Gasteiger charge is 2.70. The van der Waals surface area contributed by atoms with Gasteiger partial charge in [-0.25, -0.2) is 0 Å². The molecule has 1 amide bonds. The molecule has 1 saturated heterocycles. The van der Waals surface area contributed by atoms with E-state index in [1.807, 2.05) is 90.0 Å². The first-order valence-electron chi connectivity index (χ1n) is 15.9. The second-order valence-corrected chi connectivity index (χ2v) is 13.2. The maximum atomic E-state index is 15.1. The molecule has 0 bridgehead atoms. The largest absolute Gasteiger partial charge is 0.496 e. The van der Waals surface area contributed by atoms with Crippen molar-refractivity contribution in [2.45, 2.75) is 50.1 Å². The summed E-state index contributed by atoms with van der Waals surface area (Å²) in [5.41, 5.74) is 4.00. The average molecular weight is 676 g/mol. The third-order valence-corrected chi connectivity index (χ3v) is 10.5. The molecule has 232 valence electrons. The lowest BCUT2D eigenvalue weighted by Gasteiger charge is -2.38. The normalized spacial score (nSPS) is 22.3. The SMILES string of the molecule is CCCCCc1ccc(C(=O)[C@@H]2[C@H](C(=O)c3ccc(OC)c(Br)c3)N3C=Cc4ccccc4[C@H]3[C@]23C(=O)Nc2ccccc23)cc1. The zero-order chi connectivity index (χ0) is 32.0. The highest BCUT2D eigenvalue weighted by Crippen LogP contribution is 2.62. The van der Waals surface area contributed by atoms with Crippen molar-refractivity contribution in [3.05, 3.63) is 135 Å². The predicted octanol–water partition coefficient (Wildman–Crippen LogP) is 8.17. The summed E-state index contributed by atoms with van der Waals surface area (Å²) in [5, 5.41) is 3.11. The molecule has 7 heteroatoms. The molecule has 3 heterocycles. The Morgan fingerprint density at radius 3 is 2.41 bits per heavy atom. The van der Waals surface area contributed by atoms with Gasteiger partial charge in [-0.15, -0.1) is 0 Å². The molecule has 1 spiro atoms. The van der Waals surface area contributed by atoms with Crippen LogP contribution in [0, 0.1) is 5.92 Å². The van der Waals surface area contributed by atoms with E-state index in [4.69, 9.17) is 4.74 Å². The molecule has 0 aliphatic carbocycles. The van der Waals surface area contributed by atoms with Gasteiger partial charge in [-0.2, -0.15) is 0 Å². The Morgan fingerprint density at radius 1 is 0.913 bits per heavy atom. The number of ketones is 2. The van der Waals surface area contributed by atoms with Crippen molar-refractivity contribution in [2.75, 3.05) is 12.4 Å². The number of Topliss-reactive ketones (excluding diaryl/α,β-unsaturated/α-hetero) is 2. The van der Waals surface area contributed by atoms with E-state index in [0.29, 0.717) is 27.0 Å². The van der Waals surface area contributed by atoms with Crippen molar-refractivity contribution in [1.82, 2.24) is 4.90 Å². The van der Waals surface area contributed by atoms with Gasteiger partial charge in [0, 0.05) is 23.0 Å². The van der Waals surface area contributed by atoms with Crippen molar-refractivity contribution >= 4 is 45.2 Å². The molecule has 0 unspecified atom stereocenters. The molecule has 0 radical (unpaired) electrons. The summed E-state index contributed by atoms with van der Waals surface area (Å²) >= 11 is 3.54. The van der Waals surface area contributed by atoms with Crippen molar-refractivity contribution in [1.29, 1.82) is 0 Å². The van der Waals surface area contributed by atoms with Crippen molar-refractivity contribution in [3.63, 3.8) is 0 Å². The number of rotatable bonds is 9. The lowest BCUT2D eigenvalue weighted by molar-refractivity contribution is -0.122. The molecule has 3 aliphatic rings. The van der Waals surface area contributed by atoms with Gasteiger partial charge in [0.25, 0.3) is 0 Å². The molecule has 0 aromatic heterocycles. The van der Waals surface area contributed by atoms with E-state index in [1.54, 1.807) is 25.3 Å². The fourth-order valence-electron chi connectivity index (χ4n) is 7.75. The Kier molecular flexibility index (Phi) is 7.89. The number of hydrogen-bond acceptors (Lipinski definition) is 5. The number of amides is 1. The van der Waals surface area contributed by atoms with E-state index in [0.717, 1.165) is 42.4 Å². The molecule has 4 aromatic rings. The van der Waals surface area contributed by atoms with Gasteiger partial charge in [-0.1, -0.05) is 86.5 Å². The standard InChI is InChI=1S/C39H35BrN2O4/c1-3-4-5-10-24-15-17-26(18-16-24)35(43)33-34(36(44)27-19-20-32(46-2)30(40)23-27)42-22-21-25-11-6-7-12-28(25)37(42)39(33)29-13-8-9-14-31(29)41-38(39)45/h6-9,11-23,33-34,37H,3-5,10H2,1-2H3,(H,41,45)/t33-,34+,37-,39+/m0/s1. The maximum Gasteiger partial charge on any atom is 0.238 e. The van der Waals surface area contributed by atoms with Gasteiger partial charge in [0.15, 0.2) is 11.6 Å². The second kappa shape index (κ2) is 12.0. The molecular weight excluding hydrogens is 640 g/mol. The molecule has 1 N–H and O–H groups in total. The topological polar surface area (TPSA) is 75.7 Å². The van der Waals surface area contributed by atoms with Gasteiger partial charge < -0.3 is 15.0 Å². The van der Waals surface area contributed by atoms with Crippen LogP contribution in [0.15, 0.2) is 102 Å². The van der Waals surface area contributed by atoms with Gasteiger partial charge in [-0.05, 0) is 81.4 Å². The van der Waals surface area contributed by atoms with Crippen LogP contribution in [0.1, 0.15) is 75.2 Å². The fraction of sp³-hybridized carbons (Fsp3) is 0.256. The number of unbranched alkanes of at least 4 members (excludes halogenated alkanes) is 2. The summed E-state index contributed by atoms with van der Waals surface area (Å²) < 4.78 is 6.06. The number of halogens is 1. The number of nitrogens with one attached hydrogen (secondary N) is 1. The van der Waals surface area contributed by atoms with Gasteiger partial charge in [0.05, 0.1) is 23.5 Å². The third-order valence-electron chi connectivity index (χ3n) is 9.87. The summed E-state index contributed by atoms with van der Waals surface area (Å²) in [6.45, 7) is 2.18. The van der Waals surface area contributed by atoms with Gasteiger partial charge in [0.1, 0.15) is 17.2 Å². The van der Waals surface area contributed by atoms with Gasteiger partial charge >= 0.3 is 0 Å². The number of para-hydroxylation sites is 1. The van der Waals surface area contributed by atoms with Crippen LogP contribution in [-0.2, 0) is 16.6 Å². The van der Waals surface area contributed by atoms with Crippen LogP contribution < -0.4 is 10.1 Å². The number of anilines is 1. The number of methoxy groups -OCH3 is 1. The predicted molar refractivity (Wildman–Crippen MR) is 183 cm³/mol. The van der Waals surface area contributed by atoms with Crippen LogP contribution in [0.2, 0.25) is 0 Å². The molecule has 6 nitrogen and oxygen atoms in total. The van der Waals surface area contributed by atoms with E-state index < -0.39 is 23.4 Å². The summed E-state index contributed by atoms with van der Waals surface area (Å²) in [6, 6.07) is 26.9. The van der Waals surface area contributed by atoms with Crippen molar-refractivity contribution in [2.24, 2.45) is 5.92 Å².